The van der Waals surface area contributed by atoms with Crippen molar-refractivity contribution in [1.82, 2.24) is 18.9 Å². The topological polar surface area (TPSA) is 205 Å². The molecule has 0 unspecified atom stereocenters. The number of H-pyrrole nitrogens is 1. The maximum Gasteiger partial charge on any atom is 0.269 e. The predicted molar refractivity (Wildman–Crippen MR) is 200 cm³/mol. The molecule has 0 bridgehead atoms. The average molecular weight is 811 g/mol. The van der Waals surface area contributed by atoms with Crippen LogP contribution in [0, 0.1) is 52.9 Å². The Balaban J connectivity index is 0.000000208. The number of carbonyl (C=O) groups is 2. The van der Waals surface area contributed by atoms with Crippen LogP contribution in [-0.4, -0.2) is 39.2 Å². The third kappa shape index (κ3) is 8.10. The summed E-state index contributed by atoms with van der Waals surface area (Å²) in [5.74, 6) is -6.69. The predicted octanol–water partition coefficient (Wildman–Crippen LogP) is 7.95. The number of aryl methyl sites for hydroxylation is 1. The zero-order valence-corrected chi connectivity index (χ0v) is 31.0. The van der Waals surface area contributed by atoms with Crippen molar-refractivity contribution < 1.29 is 45.0 Å². The lowest BCUT2D eigenvalue weighted by molar-refractivity contribution is -0.115. The number of nitrogens with one attached hydrogen (secondary N) is 3. The van der Waals surface area contributed by atoms with E-state index >= 15 is 0 Å². The number of carbonyl (C=O) groups excluding carboxylic acids is 2. The van der Waals surface area contributed by atoms with Crippen LogP contribution in [0.5, 0.6) is 23.0 Å². The molecule has 292 valence electrons. The fourth-order valence-corrected chi connectivity index (χ4v) is 6.88. The molecule has 4 aromatic heterocycles. The first-order valence-electron chi connectivity index (χ1n) is 16.6. The number of aromatic nitrogens is 4. The van der Waals surface area contributed by atoms with Crippen LogP contribution < -0.4 is 20.1 Å². The summed E-state index contributed by atoms with van der Waals surface area (Å²) in [5.41, 5.74) is 1.06. The second kappa shape index (κ2) is 16.1. The van der Waals surface area contributed by atoms with Crippen molar-refractivity contribution in [2.24, 2.45) is 0 Å². The molecule has 2 amide bonds. The molecule has 3 aromatic carbocycles. The SMILES string of the molecule is CC(=O)Nc1cc(F)c(Oc2ccnc3[nH]cc(C#N)c23)c(F)c1.CC(=O)Nc1cc(F)c(Oc2ccnc3c2c(C#N)cn3S(=O)(=O)c2ccc(C)cc2)c(F)c1. The highest BCUT2D eigenvalue weighted by molar-refractivity contribution is 7.90. The molecule has 0 spiro atoms. The van der Waals surface area contributed by atoms with E-state index in [1.807, 2.05) is 12.1 Å². The van der Waals surface area contributed by atoms with Crippen molar-refractivity contribution in [1.29, 1.82) is 10.5 Å². The molecule has 7 rings (SSSR count). The number of nitriles is 2. The Kier molecular flexibility index (Phi) is 11.1. The van der Waals surface area contributed by atoms with Crippen LogP contribution in [0.25, 0.3) is 22.1 Å². The van der Waals surface area contributed by atoms with Crippen LogP contribution in [-0.2, 0) is 19.6 Å². The van der Waals surface area contributed by atoms with Gasteiger partial charge < -0.3 is 25.1 Å². The molecule has 14 nitrogen and oxygen atoms in total. The van der Waals surface area contributed by atoms with E-state index in [1.54, 1.807) is 19.1 Å². The van der Waals surface area contributed by atoms with Gasteiger partial charge in [0.25, 0.3) is 10.0 Å². The van der Waals surface area contributed by atoms with Crippen molar-refractivity contribution >= 4 is 55.3 Å². The number of amides is 2. The van der Waals surface area contributed by atoms with Gasteiger partial charge in [0.2, 0.25) is 11.8 Å². The second-order valence-electron chi connectivity index (χ2n) is 12.2. The Morgan fingerprint density at radius 2 is 1.22 bits per heavy atom. The lowest BCUT2D eigenvalue weighted by Crippen LogP contribution is -2.12. The molecule has 4 heterocycles. The van der Waals surface area contributed by atoms with Gasteiger partial charge >= 0.3 is 0 Å². The Labute approximate surface area is 326 Å². The zero-order chi connectivity index (χ0) is 41.9. The van der Waals surface area contributed by atoms with E-state index in [0.717, 1.165) is 40.0 Å². The smallest absolute Gasteiger partial charge is 0.269 e. The van der Waals surface area contributed by atoms with E-state index in [-0.39, 0.29) is 49.9 Å². The van der Waals surface area contributed by atoms with Gasteiger partial charge in [-0.05, 0) is 31.2 Å². The van der Waals surface area contributed by atoms with Gasteiger partial charge in [-0.3, -0.25) is 9.59 Å². The van der Waals surface area contributed by atoms with Crippen molar-refractivity contribution in [2.75, 3.05) is 10.6 Å². The number of fused-ring (bicyclic) bond motifs is 2. The summed E-state index contributed by atoms with van der Waals surface area (Å²) in [6.45, 7) is 4.22. The molecule has 7 aromatic rings. The van der Waals surface area contributed by atoms with Crippen LogP contribution in [0.15, 0.2) is 90.3 Å². The van der Waals surface area contributed by atoms with Crippen LogP contribution >= 0.6 is 0 Å². The number of ether oxygens (including phenoxy) is 2. The van der Waals surface area contributed by atoms with Crippen LogP contribution in [0.4, 0.5) is 28.9 Å². The Bertz CT molecular complexity index is 2930. The van der Waals surface area contributed by atoms with E-state index in [1.165, 1.54) is 56.7 Å². The van der Waals surface area contributed by atoms with E-state index in [4.69, 9.17) is 14.7 Å². The minimum atomic E-state index is -4.14. The fourth-order valence-electron chi connectivity index (χ4n) is 5.56. The maximum atomic E-state index is 14.6. The summed E-state index contributed by atoms with van der Waals surface area (Å²) < 4.78 is 95.5. The molecule has 0 aliphatic heterocycles. The van der Waals surface area contributed by atoms with Gasteiger partial charge in [0.1, 0.15) is 29.3 Å². The number of pyridine rings is 2. The molecule has 0 saturated carbocycles. The molecule has 0 fully saturated rings. The molecule has 19 heteroatoms. The van der Waals surface area contributed by atoms with Crippen molar-refractivity contribution in [3.8, 4) is 35.1 Å². The van der Waals surface area contributed by atoms with E-state index in [2.05, 4.69) is 25.6 Å². The van der Waals surface area contributed by atoms with E-state index in [9.17, 15) is 40.8 Å². The first-order valence-corrected chi connectivity index (χ1v) is 18.0. The van der Waals surface area contributed by atoms with Crippen molar-refractivity contribution in [3.05, 3.63) is 125 Å². The number of hydrogen-bond acceptors (Lipinski definition) is 10. The third-order valence-electron chi connectivity index (χ3n) is 8.03. The van der Waals surface area contributed by atoms with Gasteiger partial charge in [0.05, 0.1) is 26.8 Å². The van der Waals surface area contributed by atoms with E-state index in [0.29, 0.717) is 11.0 Å². The molecule has 58 heavy (non-hydrogen) atoms. The maximum absolute atomic E-state index is 14.6. The lowest BCUT2D eigenvalue weighted by Gasteiger charge is -2.11. The molecule has 0 radical (unpaired) electrons. The molecular weight excluding hydrogens is 785 g/mol. The summed E-state index contributed by atoms with van der Waals surface area (Å²) in [4.78, 5) is 33.0. The first-order chi connectivity index (χ1) is 27.6. The number of halogens is 4. The molecule has 0 saturated heterocycles. The number of hydrogen-bond donors (Lipinski definition) is 3. The monoisotopic (exact) mass is 810 g/mol. The van der Waals surface area contributed by atoms with Gasteiger partial charge in [-0.1, -0.05) is 17.7 Å². The average Bonchev–Trinajstić information content (AvgIpc) is 3.77. The standard InChI is InChI=1S/C23H16F2N4O4S.C16H10F2N4O2/c1-13-3-5-17(6-4-13)34(31,32)29-12-15(11-26)21-20(7-8-27-23(21)29)33-22-18(24)9-16(10-19(22)25)28-14(2)30;1-8(23)22-10-4-11(17)15(12(18)5-10)24-13-2-3-20-16-14(13)9(6-19)7-21-16/h3-10,12H,1-2H3,(H,28,30);2-5,7H,1H3,(H,20,21)(H,22,23). The summed E-state index contributed by atoms with van der Waals surface area (Å²) in [6.07, 6.45) is 5.09. The number of aromatic amines is 1. The quantitative estimate of drug-likeness (QED) is 0.126. The lowest BCUT2D eigenvalue weighted by atomic mass is 10.2. The van der Waals surface area contributed by atoms with Gasteiger partial charge in [0, 0.05) is 74.3 Å². The first kappa shape index (κ1) is 39.9. The highest BCUT2D eigenvalue weighted by Crippen LogP contribution is 2.38. The Hall–Kier alpha value is -7.77. The highest BCUT2D eigenvalue weighted by atomic mass is 32.2. The number of anilines is 2. The van der Waals surface area contributed by atoms with Crippen molar-refractivity contribution in [2.45, 2.75) is 25.7 Å². The van der Waals surface area contributed by atoms with Gasteiger partial charge in [-0.25, -0.2) is 39.9 Å². The minimum Gasteiger partial charge on any atom is -0.450 e. The number of rotatable bonds is 8. The van der Waals surface area contributed by atoms with Crippen LogP contribution in [0.2, 0.25) is 0 Å². The molecular formula is C39H26F4N8O6S. The molecule has 0 aliphatic carbocycles. The van der Waals surface area contributed by atoms with Crippen LogP contribution in [0.1, 0.15) is 30.5 Å². The summed E-state index contributed by atoms with van der Waals surface area (Å²) >= 11 is 0. The molecule has 0 atom stereocenters. The normalized spacial score (nSPS) is 10.9. The minimum absolute atomic E-state index is 0.0240. The van der Waals surface area contributed by atoms with E-state index < -0.39 is 56.6 Å². The fraction of sp³-hybridized carbons (Fsp3) is 0.0769. The summed E-state index contributed by atoms with van der Waals surface area (Å²) in [6, 6.07) is 16.2. The molecule has 0 aliphatic rings. The summed E-state index contributed by atoms with van der Waals surface area (Å²) in [5, 5.41) is 23.6. The Morgan fingerprint density at radius 3 is 1.71 bits per heavy atom. The number of benzene rings is 3. The van der Waals surface area contributed by atoms with Crippen molar-refractivity contribution in [3.63, 3.8) is 0 Å². The zero-order valence-electron chi connectivity index (χ0n) is 30.2. The van der Waals surface area contributed by atoms with Gasteiger partial charge in [-0.2, -0.15) is 10.5 Å². The van der Waals surface area contributed by atoms with Crippen LogP contribution in [0.3, 0.4) is 0 Å². The van der Waals surface area contributed by atoms with Gasteiger partial charge in [-0.15, -0.1) is 0 Å². The highest BCUT2D eigenvalue weighted by Gasteiger charge is 2.26. The summed E-state index contributed by atoms with van der Waals surface area (Å²) in [7, 11) is -4.14. The molecule has 3 N–H and O–H groups in total. The van der Waals surface area contributed by atoms with Gasteiger partial charge in [0.15, 0.2) is 40.4 Å². The second-order valence-corrected chi connectivity index (χ2v) is 14.0. The largest absolute Gasteiger partial charge is 0.450 e. The number of nitrogens with zero attached hydrogens (tertiary/aromatic N) is 5. The third-order valence-corrected chi connectivity index (χ3v) is 9.70. The Morgan fingerprint density at radius 1 is 0.741 bits per heavy atom.